The van der Waals surface area contributed by atoms with Gasteiger partial charge in [-0.15, -0.1) is 0 Å². The Kier molecular flexibility index (Phi) is 3.50. The molecule has 0 saturated carbocycles. The Hall–Kier alpha value is -2.45. The van der Waals surface area contributed by atoms with Crippen LogP contribution in [0.5, 0.6) is 0 Å². The zero-order valence-electron chi connectivity index (χ0n) is 12.8. The summed E-state index contributed by atoms with van der Waals surface area (Å²) in [6, 6.07) is 9.60. The van der Waals surface area contributed by atoms with Crippen molar-refractivity contribution in [1.29, 1.82) is 0 Å². The number of nitrogens with one attached hydrogen (secondary N) is 1. The highest BCUT2D eigenvalue weighted by atomic mass is 32.2. The molecule has 1 N–H and O–H groups in total. The van der Waals surface area contributed by atoms with Gasteiger partial charge in [0, 0.05) is 12.7 Å². The Morgan fingerprint density at radius 2 is 1.92 bits per heavy atom. The molecule has 3 aromatic rings. The summed E-state index contributed by atoms with van der Waals surface area (Å²) in [5.74, 6) is 0. The van der Waals surface area contributed by atoms with Crippen molar-refractivity contribution in [3.63, 3.8) is 0 Å². The zero-order chi connectivity index (χ0) is 16.7. The zero-order valence-corrected chi connectivity index (χ0v) is 13.6. The van der Waals surface area contributed by atoms with Gasteiger partial charge in [-0.1, -0.05) is 18.2 Å². The highest BCUT2D eigenvalue weighted by molar-refractivity contribution is 7.90. The molecule has 2 aromatic heterocycles. The number of nitrogens with zero attached hydrogens (tertiary/aromatic N) is 3. The Bertz CT molecular complexity index is 1050. The lowest BCUT2D eigenvalue weighted by atomic mass is 10.2. The molecule has 8 heteroatoms. The average molecular weight is 344 g/mol. The first-order valence-electron chi connectivity index (χ1n) is 7.69. The fourth-order valence-electron chi connectivity index (χ4n) is 3.19. The molecule has 7 nitrogen and oxygen atoms in total. The minimum absolute atomic E-state index is 0.0605. The fourth-order valence-corrected chi connectivity index (χ4v) is 4.59. The number of hydrogen-bond acceptors (Lipinski definition) is 5. The van der Waals surface area contributed by atoms with Gasteiger partial charge in [0.25, 0.3) is 10.0 Å². The van der Waals surface area contributed by atoms with Crippen LogP contribution in [0, 0.1) is 0 Å². The predicted octanol–water partition coefficient (Wildman–Crippen LogP) is 0.969. The van der Waals surface area contributed by atoms with E-state index in [1.807, 2.05) is 0 Å². The SMILES string of the molecule is O=c1n(C2CCNC2)c2ccncc2n1S(=O)(=O)c1ccccc1. The molecule has 4 rings (SSSR count). The van der Waals surface area contributed by atoms with Crippen LogP contribution in [0.2, 0.25) is 0 Å². The van der Waals surface area contributed by atoms with Crippen molar-refractivity contribution in [2.24, 2.45) is 0 Å². The average Bonchev–Trinajstić information content (AvgIpc) is 3.20. The molecule has 1 aliphatic rings. The topological polar surface area (TPSA) is 86.0 Å². The molecule has 0 bridgehead atoms. The number of rotatable bonds is 3. The molecule has 3 heterocycles. The van der Waals surface area contributed by atoms with Crippen molar-refractivity contribution < 1.29 is 8.42 Å². The number of hydrogen-bond donors (Lipinski definition) is 1. The first kappa shape index (κ1) is 15.1. The van der Waals surface area contributed by atoms with E-state index in [0.29, 0.717) is 17.6 Å². The second kappa shape index (κ2) is 5.57. The molecule has 1 saturated heterocycles. The molecule has 1 fully saturated rings. The van der Waals surface area contributed by atoms with Crippen LogP contribution in [0.4, 0.5) is 0 Å². The molecule has 0 aliphatic carbocycles. The summed E-state index contributed by atoms with van der Waals surface area (Å²) in [5.41, 5.74) is 0.344. The van der Waals surface area contributed by atoms with Gasteiger partial charge < -0.3 is 5.32 Å². The van der Waals surface area contributed by atoms with E-state index in [1.165, 1.54) is 18.3 Å². The molecule has 0 spiro atoms. The normalized spacial score (nSPS) is 18.2. The summed E-state index contributed by atoms with van der Waals surface area (Å²) in [7, 11) is -3.98. The summed E-state index contributed by atoms with van der Waals surface area (Å²) >= 11 is 0. The van der Waals surface area contributed by atoms with Crippen molar-refractivity contribution >= 4 is 21.1 Å². The second-order valence-electron chi connectivity index (χ2n) is 5.75. The minimum atomic E-state index is -3.98. The van der Waals surface area contributed by atoms with Gasteiger partial charge in [0.2, 0.25) is 0 Å². The van der Waals surface area contributed by atoms with Crippen LogP contribution in [-0.4, -0.2) is 35.0 Å². The van der Waals surface area contributed by atoms with Crippen molar-refractivity contribution in [2.45, 2.75) is 17.4 Å². The lowest BCUT2D eigenvalue weighted by molar-refractivity contribution is 0.537. The molecule has 1 aromatic carbocycles. The largest absolute Gasteiger partial charge is 0.343 e. The first-order valence-corrected chi connectivity index (χ1v) is 9.13. The van der Waals surface area contributed by atoms with Gasteiger partial charge in [-0.25, -0.2) is 13.2 Å². The lowest BCUT2D eigenvalue weighted by Crippen LogP contribution is -2.32. The summed E-state index contributed by atoms with van der Waals surface area (Å²) in [4.78, 5) is 17.1. The summed E-state index contributed by atoms with van der Waals surface area (Å²) in [6.07, 6.45) is 3.78. The van der Waals surface area contributed by atoms with Crippen LogP contribution in [0.25, 0.3) is 11.0 Å². The van der Waals surface area contributed by atoms with Crippen molar-refractivity contribution in [3.05, 3.63) is 59.3 Å². The van der Waals surface area contributed by atoms with Gasteiger partial charge in [0.05, 0.1) is 22.7 Å². The van der Waals surface area contributed by atoms with Crippen molar-refractivity contribution in [1.82, 2.24) is 18.8 Å². The highest BCUT2D eigenvalue weighted by Crippen LogP contribution is 2.23. The number of benzene rings is 1. The third-order valence-corrected chi connectivity index (χ3v) is 6.02. The van der Waals surface area contributed by atoms with E-state index >= 15 is 0 Å². The maximum atomic E-state index is 13.0. The molecule has 0 radical (unpaired) electrons. The standard InChI is InChI=1S/C16H16N4O3S/c21-16-19(12-6-8-17-10-12)14-7-9-18-11-15(14)20(16)24(22,23)13-4-2-1-3-5-13/h1-5,7,9,11-12,17H,6,8,10H2. The number of pyridine rings is 1. The molecule has 1 unspecified atom stereocenters. The maximum Gasteiger partial charge on any atom is 0.343 e. The molecule has 124 valence electrons. The van der Waals surface area contributed by atoms with E-state index in [0.717, 1.165) is 16.9 Å². The minimum Gasteiger partial charge on any atom is -0.315 e. The van der Waals surface area contributed by atoms with Crippen LogP contribution in [0.3, 0.4) is 0 Å². The highest BCUT2D eigenvalue weighted by Gasteiger charge is 2.29. The van der Waals surface area contributed by atoms with E-state index in [4.69, 9.17) is 0 Å². The van der Waals surface area contributed by atoms with Crippen LogP contribution in [0.1, 0.15) is 12.5 Å². The third kappa shape index (κ3) is 2.18. The quantitative estimate of drug-likeness (QED) is 0.765. The summed E-state index contributed by atoms with van der Waals surface area (Å²) < 4.78 is 28.4. The number of fused-ring (bicyclic) bond motifs is 1. The van der Waals surface area contributed by atoms with Crippen LogP contribution in [-0.2, 0) is 10.0 Å². The van der Waals surface area contributed by atoms with E-state index in [-0.39, 0.29) is 10.9 Å². The second-order valence-corrected chi connectivity index (χ2v) is 7.53. The van der Waals surface area contributed by atoms with Gasteiger partial charge in [-0.05, 0) is 31.2 Å². The molecular formula is C16H16N4O3S. The van der Waals surface area contributed by atoms with Gasteiger partial charge in [0.1, 0.15) is 5.52 Å². The van der Waals surface area contributed by atoms with E-state index in [2.05, 4.69) is 10.3 Å². The Labute approximate surface area is 138 Å². The molecule has 1 aliphatic heterocycles. The smallest absolute Gasteiger partial charge is 0.315 e. The molecule has 1 atom stereocenters. The third-order valence-electron chi connectivity index (χ3n) is 4.32. The molecule has 24 heavy (non-hydrogen) atoms. The Morgan fingerprint density at radius 3 is 2.62 bits per heavy atom. The maximum absolute atomic E-state index is 13.0. The van der Waals surface area contributed by atoms with Gasteiger partial charge in [-0.3, -0.25) is 9.55 Å². The molecular weight excluding hydrogens is 328 g/mol. The molecule has 0 amide bonds. The van der Waals surface area contributed by atoms with Crippen LogP contribution >= 0.6 is 0 Å². The summed E-state index contributed by atoms with van der Waals surface area (Å²) in [5, 5.41) is 3.21. The number of imidazole rings is 1. The van der Waals surface area contributed by atoms with Crippen LogP contribution in [0.15, 0.2) is 58.5 Å². The van der Waals surface area contributed by atoms with Gasteiger partial charge in [-0.2, -0.15) is 3.97 Å². The fraction of sp³-hybridized carbons (Fsp3) is 0.250. The van der Waals surface area contributed by atoms with Gasteiger partial charge >= 0.3 is 5.69 Å². The monoisotopic (exact) mass is 344 g/mol. The lowest BCUT2D eigenvalue weighted by Gasteiger charge is -2.10. The van der Waals surface area contributed by atoms with Crippen LogP contribution < -0.4 is 11.0 Å². The van der Waals surface area contributed by atoms with Crippen molar-refractivity contribution in [2.75, 3.05) is 13.1 Å². The van der Waals surface area contributed by atoms with E-state index in [1.54, 1.807) is 35.0 Å². The van der Waals surface area contributed by atoms with Crippen molar-refractivity contribution in [3.8, 4) is 0 Å². The van der Waals surface area contributed by atoms with Gasteiger partial charge in [0.15, 0.2) is 0 Å². The number of aromatic nitrogens is 3. The Balaban J connectivity index is 2.03. The first-order chi connectivity index (χ1) is 11.6. The Morgan fingerprint density at radius 1 is 1.12 bits per heavy atom. The summed E-state index contributed by atoms with van der Waals surface area (Å²) in [6.45, 7) is 1.45. The predicted molar refractivity (Wildman–Crippen MR) is 89.5 cm³/mol. The van der Waals surface area contributed by atoms with E-state index < -0.39 is 15.7 Å². The van der Waals surface area contributed by atoms with E-state index in [9.17, 15) is 13.2 Å².